The van der Waals surface area contributed by atoms with Gasteiger partial charge in [0.05, 0.1) is 17.0 Å². The molecule has 0 aliphatic carbocycles. The molecule has 0 spiro atoms. The lowest BCUT2D eigenvalue weighted by Gasteiger charge is -2.27. The van der Waals surface area contributed by atoms with Gasteiger partial charge in [-0.25, -0.2) is 13.3 Å². The Morgan fingerprint density at radius 1 is 0.938 bits per heavy atom. The first-order valence-electron chi connectivity index (χ1n) is 9.71. The van der Waals surface area contributed by atoms with E-state index in [1.54, 1.807) is 66.7 Å². The van der Waals surface area contributed by atoms with Crippen molar-refractivity contribution in [3.8, 4) is 0 Å². The molecule has 1 atom stereocenters. The molecule has 1 aliphatic heterocycles. The smallest absolute Gasteiger partial charge is 0.252 e. The Balaban J connectivity index is 1.76. The highest BCUT2D eigenvalue weighted by molar-refractivity contribution is 9.10. The summed E-state index contributed by atoms with van der Waals surface area (Å²) in [4.78, 5) is 27.2. The second-order valence-corrected chi connectivity index (χ2v) is 10.4. The maximum Gasteiger partial charge on any atom is 0.252 e. The van der Waals surface area contributed by atoms with Gasteiger partial charge in [0.1, 0.15) is 6.04 Å². The minimum absolute atomic E-state index is 0.0365. The van der Waals surface area contributed by atoms with Crippen molar-refractivity contribution in [2.75, 3.05) is 4.90 Å². The van der Waals surface area contributed by atoms with Crippen molar-refractivity contribution in [3.05, 3.63) is 93.9 Å². The quantitative estimate of drug-likeness (QED) is 0.433. The summed E-state index contributed by atoms with van der Waals surface area (Å²) in [5, 5.41) is 0.377. The minimum Gasteiger partial charge on any atom is -0.274 e. The van der Waals surface area contributed by atoms with Crippen LogP contribution in [0.1, 0.15) is 12.0 Å². The molecule has 0 N–H and O–H groups in total. The molecular weight excluding hydrogens is 516 g/mol. The van der Waals surface area contributed by atoms with Crippen LogP contribution in [-0.2, 0) is 26.2 Å². The summed E-state index contributed by atoms with van der Waals surface area (Å²) in [5.41, 5.74) is 0.927. The second kappa shape index (κ2) is 9.15. The highest BCUT2D eigenvalue weighted by atomic mass is 79.9. The lowest BCUT2D eigenvalue weighted by Crippen LogP contribution is -2.45. The van der Waals surface area contributed by atoms with Gasteiger partial charge in [0.25, 0.3) is 5.91 Å². The molecule has 1 heterocycles. The first kappa shape index (κ1) is 22.7. The zero-order valence-electron chi connectivity index (χ0n) is 16.7. The maximum absolute atomic E-state index is 13.6. The van der Waals surface area contributed by atoms with Crippen LogP contribution < -0.4 is 4.90 Å². The Kier molecular flexibility index (Phi) is 6.48. The summed E-state index contributed by atoms with van der Waals surface area (Å²) >= 11 is 9.61. The highest BCUT2D eigenvalue weighted by Crippen LogP contribution is 2.32. The number of carbonyl (C=O) groups is 2. The third kappa shape index (κ3) is 4.36. The van der Waals surface area contributed by atoms with Crippen LogP contribution in [0.25, 0.3) is 0 Å². The van der Waals surface area contributed by atoms with Gasteiger partial charge in [0.15, 0.2) is 0 Å². The zero-order chi connectivity index (χ0) is 22.9. The lowest BCUT2D eigenvalue weighted by molar-refractivity contribution is -0.122. The number of hydrogen-bond donors (Lipinski definition) is 0. The Morgan fingerprint density at radius 3 is 2.22 bits per heavy atom. The van der Waals surface area contributed by atoms with Crippen LogP contribution >= 0.6 is 27.5 Å². The predicted molar refractivity (Wildman–Crippen MR) is 126 cm³/mol. The number of hydrogen-bond acceptors (Lipinski definition) is 4. The number of sulfonamides is 1. The SMILES string of the molecule is O=C1CC(N(Cc2ccccc2Cl)S(=O)(=O)c2ccccc2)C(=O)N1c1ccc(Br)cc1. The van der Waals surface area contributed by atoms with Crippen molar-refractivity contribution in [2.45, 2.75) is 23.9 Å². The summed E-state index contributed by atoms with van der Waals surface area (Å²) in [7, 11) is -4.10. The fraction of sp³-hybridized carbons (Fsp3) is 0.130. The van der Waals surface area contributed by atoms with E-state index in [1.807, 2.05) is 0 Å². The zero-order valence-corrected chi connectivity index (χ0v) is 19.8. The Labute approximate surface area is 199 Å². The van der Waals surface area contributed by atoms with Crippen molar-refractivity contribution in [2.24, 2.45) is 0 Å². The van der Waals surface area contributed by atoms with Crippen LogP contribution in [0.4, 0.5) is 5.69 Å². The average molecular weight is 534 g/mol. The number of nitrogens with zero attached hydrogens (tertiary/aromatic N) is 2. The fourth-order valence-corrected chi connectivity index (χ4v) is 5.63. The van der Waals surface area contributed by atoms with E-state index in [0.717, 1.165) is 13.7 Å². The molecule has 0 aromatic heterocycles. The molecule has 6 nitrogen and oxygen atoms in total. The third-order valence-electron chi connectivity index (χ3n) is 5.19. The van der Waals surface area contributed by atoms with Gasteiger partial charge in [-0.15, -0.1) is 0 Å². The van der Waals surface area contributed by atoms with Crippen LogP contribution in [-0.4, -0.2) is 30.6 Å². The molecule has 3 aromatic rings. The molecule has 0 bridgehead atoms. The normalized spacial score (nSPS) is 16.7. The van der Waals surface area contributed by atoms with Gasteiger partial charge in [0, 0.05) is 16.0 Å². The number of rotatable bonds is 6. The molecule has 3 aromatic carbocycles. The van der Waals surface area contributed by atoms with Crippen molar-refractivity contribution in [1.82, 2.24) is 4.31 Å². The summed E-state index contributed by atoms with van der Waals surface area (Å²) < 4.78 is 29.0. The molecule has 1 saturated heterocycles. The number of carbonyl (C=O) groups excluding carboxylic acids is 2. The average Bonchev–Trinajstić information content (AvgIpc) is 3.08. The Hall–Kier alpha value is -2.52. The molecule has 4 rings (SSSR count). The number of halogens is 2. The lowest BCUT2D eigenvalue weighted by atomic mass is 10.2. The summed E-state index contributed by atoms with van der Waals surface area (Å²) in [6, 6.07) is 20.2. The van der Waals surface area contributed by atoms with Crippen molar-refractivity contribution in [1.29, 1.82) is 0 Å². The number of amides is 2. The second-order valence-electron chi connectivity index (χ2n) is 7.22. The Morgan fingerprint density at radius 2 is 1.56 bits per heavy atom. The number of anilines is 1. The monoisotopic (exact) mass is 532 g/mol. The first-order valence-corrected chi connectivity index (χ1v) is 12.3. The Bertz CT molecular complexity index is 1270. The fourth-order valence-electron chi connectivity index (χ4n) is 3.59. The highest BCUT2D eigenvalue weighted by Gasteiger charge is 2.47. The molecular formula is C23H18BrClN2O4S. The van der Waals surface area contributed by atoms with E-state index in [1.165, 1.54) is 12.1 Å². The molecule has 9 heteroatoms. The molecule has 164 valence electrons. The predicted octanol–water partition coefficient (Wildman–Crippen LogP) is 4.63. The number of benzene rings is 3. The van der Waals surface area contributed by atoms with Gasteiger partial charge in [-0.3, -0.25) is 9.59 Å². The molecule has 0 saturated carbocycles. The summed E-state index contributed by atoms with van der Waals surface area (Å²) in [6.07, 6.45) is -0.259. The van der Waals surface area contributed by atoms with E-state index < -0.39 is 27.9 Å². The topological polar surface area (TPSA) is 74.8 Å². The molecule has 2 amide bonds. The first-order chi connectivity index (χ1) is 15.3. The van der Waals surface area contributed by atoms with E-state index in [9.17, 15) is 18.0 Å². The van der Waals surface area contributed by atoms with Gasteiger partial charge in [-0.05, 0) is 48.0 Å². The molecule has 1 aliphatic rings. The van der Waals surface area contributed by atoms with Crippen LogP contribution in [0.3, 0.4) is 0 Å². The van der Waals surface area contributed by atoms with Crippen LogP contribution in [0.5, 0.6) is 0 Å². The molecule has 0 radical (unpaired) electrons. The molecule has 1 fully saturated rings. The van der Waals surface area contributed by atoms with E-state index in [-0.39, 0.29) is 17.9 Å². The van der Waals surface area contributed by atoms with E-state index in [4.69, 9.17) is 11.6 Å². The molecule has 32 heavy (non-hydrogen) atoms. The third-order valence-corrected chi connectivity index (χ3v) is 7.96. The molecule has 1 unspecified atom stereocenters. The van der Waals surface area contributed by atoms with E-state index >= 15 is 0 Å². The van der Waals surface area contributed by atoms with Crippen molar-refractivity contribution in [3.63, 3.8) is 0 Å². The minimum atomic E-state index is -4.10. The largest absolute Gasteiger partial charge is 0.274 e. The van der Waals surface area contributed by atoms with Gasteiger partial charge in [-0.2, -0.15) is 4.31 Å². The van der Waals surface area contributed by atoms with Gasteiger partial charge >= 0.3 is 0 Å². The summed E-state index contributed by atoms with van der Waals surface area (Å²) in [5.74, 6) is -1.06. The standard InChI is InChI=1S/C23H18BrClN2O4S/c24-17-10-12-18(13-11-17)27-22(28)14-21(23(27)29)26(15-16-6-4-5-9-20(16)25)32(30,31)19-7-2-1-3-8-19/h1-13,21H,14-15H2. The van der Waals surface area contributed by atoms with Crippen molar-refractivity contribution < 1.29 is 18.0 Å². The van der Waals surface area contributed by atoms with Crippen LogP contribution in [0.15, 0.2) is 88.2 Å². The number of imide groups is 1. The van der Waals surface area contributed by atoms with E-state index in [0.29, 0.717) is 16.3 Å². The van der Waals surface area contributed by atoms with Gasteiger partial charge in [-0.1, -0.05) is 63.9 Å². The van der Waals surface area contributed by atoms with E-state index in [2.05, 4.69) is 15.9 Å². The van der Waals surface area contributed by atoms with Crippen molar-refractivity contribution >= 4 is 55.1 Å². The van der Waals surface area contributed by atoms with Gasteiger partial charge in [0.2, 0.25) is 15.9 Å². The van der Waals surface area contributed by atoms with Crippen LogP contribution in [0, 0.1) is 0 Å². The van der Waals surface area contributed by atoms with Crippen LogP contribution in [0.2, 0.25) is 5.02 Å². The summed E-state index contributed by atoms with van der Waals surface area (Å²) in [6.45, 7) is -0.144. The van der Waals surface area contributed by atoms with Gasteiger partial charge < -0.3 is 0 Å². The maximum atomic E-state index is 13.6.